The van der Waals surface area contributed by atoms with E-state index in [-0.39, 0.29) is 42.9 Å². The van der Waals surface area contributed by atoms with Crippen LogP contribution in [-0.2, 0) is 29.1 Å². The summed E-state index contributed by atoms with van der Waals surface area (Å²) in [5.74, 6) is 1.07. The summed E-state index contributed by atoms with van der Waals surface area (Å²) in [5, 5.41) is 3.32. The molecule has 1 aromatic heterocycles. The Balaban J connectivity index is 1.34. The highest BCUT2D eigenvalue weighted by atomic mass is 16.5. The molecule has 2 amide bonds. The maximum Gasteiger partial charge on any atom is 0.331 e. The Morgan fingerprint density at radius 2 is 1.69 bits per heavy atom. The maximum absolute atomic E-state index is 13.5. The Morgan fingerprint density at radius 3 is 2.43 bits per heavy atom. The number of carbonyl (C=O) groups is 2. The van der Waals surface area contributed by atoms with Crippen LogP contribution in [0.1, 0.15) is 56.9 Å². The molecule has 1 N–H and O–H groups in total. The number of likely N-dealkylation sites (N-methyl/N-ethyl adjacent to an activating group) is 1. The maximum atomic E-state index is 13.5. The van der Waals surface area contributed by atoms with E-state index in [4.69, 9.17) is 9.47 Å². The van der Waals surface area contributed by atoms with Crippen LogP contribution in [0.25, 0.3) is 10.9 Å². The van der Waals surface area contributed by atoms with E-state index in [9.17, 15) is 19.2 Å². The molecule has 4 rings (SSSR count). The molecule has 1 fully saturated rings. The largest absolute Gasteiger partial charge is 0.493 e. The zero-order chi connectivity index (χ0) is 30.1. The van der Waals surface area contributed by atoms with Gasteiger partial charge in [-0.3, -0.25) is 23.5 Å². The van der Waals surface area contributed by atoms with Gasteiger partial charge in [-0.2, -0.15) is 0 Å². The standard InChI is InChI=1S/C32H42N4O6/c1-34(24-11-5-4-6-12-24)30(38)22-36-26-14-8-7-13-25(26)31(39)35(32(36)40)20-10-9-15-29(37)33-19-18-23-16-17-27(41-2)28(21-23)42-3/h7-8,13-14,16-17,21,24H,4-6,9-12,15,18-20,22H2,1-3H3,(H,33,37). The van der Waals surface area contributed by atoms with E-state index in [0.717, 1.165) is 31.2 Å². The van der Waals surface area contributed by atoms with Crippen LogP contribution in [0, 0.1) is 0 Å². The van der Waals surface area contributed by atoms with Crippen LogP contribution in [0.3, 0.4) is 0 Å². The lowest BCUT2D eigenvalue weighted by atomic mass is 9.94. The first-order valence-electron chi connectivity index (χ1n) is 14.8. The molecule has 0 spiro atoms. The Labute approximate surface area is 246 Å². The third kappa shape index (κ3) is 7.40. The van der Waals surface area contributed by atoms with Gasteiger partial charge >= 0.3 is 5.69 Å². The molecule has 10 nitrogen and oxygen atoms in total. The zero-order valence-electron chi connectivity index (χ0n) is 24.9. The summed E-state index contributed by atoms with van der Waals surface area (Å²) in [6.07, 6.45) is 7.27. The Bertz CT molecular complexity index is 1510. The highest BCUT2D eigenvalue weighted by molar-refractivity contribution is 5.81. The molecule has 42 heavy (non-hydrogen) atoms. The highest BCUT2D eigenvalue weighted by Gasteiger charge is 2.24. The number of ether oxygens (including phenoxy) is 2. The smallest absolute Gasteiger partial charge is 0.331 e. The molecule has 1 heterocycles. The minimum Gasteiger partial charge on any atom is -0.493 e. The number of rotatable bonds is 13. The number of carbonyl (C=O) groups excluding carboxylic acids is 2. The monoisotopic (exact) mass is 578 g/mol. The van der Waals surface area contributed by atoms with Crippen molar-refractivity contribution < 1.29 is 19.1 Å². The average Bonchev–Trinajstić information content (AvgIpc) is 3.02. The van der Waals surface area contributed by atoms with Crippen molar-refractivity contribution in [2.45, 2.75) is 76.9 Å². The van der Waals surface area contributed by atoms with Crippen molar-refractivity contribution in [2.75, 3.05) is 27.8 Å². The fourth-order valence-electron chi connectivity index (χ4n) is 5.67. The summed E-state index contributed by atoms with van der Waals surface area (Å²) < 4.78 is 13.2. The van der Waals surface area contributed by atoms with Crippen LogP contribution in [0.4, 0.5) is 0 Å². The van der Waals surface area contributed by atoms with Gasteiger partial charge in [-0.05, 0) is 61.9 Å². The molecule has 0 saturated heterocycles. The van der Waals surface area contributed by atoms with E-state index < -0.39 is 5.69 Å². The quantitative estimate of drug-likeness (QED) is 0.311. The number of hydrogen-bond donors (Lipinski definition) is 1. The van der Waals surface area contributed by atoms with Gasteiger partial charge in [-0.25, -0.2) is 4.79 Å². The van der Waals surface area contributed by atoms with Gasteiger partial charge in [0.05, 0.1) is 25.1 Å². The molecule has 226 valence electrons. The molecule has 0 bridgehead atoms. The fourth-order valence-corrected chi connectivity index (χ4v) is 5.67. The van der Waals surface area contributed by atoms with Gasteiger partial charge in [0.15, 0.2) is 11.5 Å². The summed E-state index contributed by atoms with van der Waals surface area (Å²) in [4.78, 5) is 54.1. The van der Waals surface area contributed by atoms with Crippen molar-refractivity contribution in [1.29, 1.82) is 0 Å². The summed E-state index contributed by atoms with van der Waals surface area (Å²) in [6, 6.07) is 12.8. The van der Waals surface area contributed by atoms with Gasteiger partial charge in [0, 0.05) is 32.6 Å². The number of para-hydroxylation sites is 1. The van der Waals surface area contributed by atoms with Crippen LogP contribution in [0.5, 0.6) is 11.5 Å². The van der Waals surface area contributed by atoms with Gasteiger partial charge in [-0.15, -0.1) is 0 Å². The molecule has 0 atom stereocenters. The van der Waals surface area contributed by atoms with Crippen molar-refractivity contribution in [1.82, 2.24) is 19.4 Å². The number of unbranched alkanes of at least 4 members (excludes halogenated alkanes) is 1. The molecular weight excluding hydrogens is 536 g/mol. The second kappa shape index (κ2) is 14.7. The van der Waals surface area contributed by atoms with Crippen LogP contribution in [-0.4, -0.2) is 59.7 Å². The molecule has 1 saturated carbocycles. The van der Waals surface area contributed by atoms with Crippen LogP contribution < -0.4 is 26.0 Å². The number of hydrogen-bond acceptors (Lipinski definition) is 6. The normalized spacial score (nSPS) is 13.6. The van der Waals surface area contributed by atoms with Crippen LogP contribution >= 0.6 is 0 Å². The fraction of sp³-hybridized carbons (Fsp3) is 0.500. The molecule has 0 aliphatic heterocycles. The van der Waals surface area contributed by atoms with E-state index in [0.29, 0.717) is 48.2 Å². The Kier molecular flexibility index (Phi) is 10.8. The van der Waals surface area contributed by atoms with Crippen molar-refractivity contribution in [3.8, 4) is 11.5 Å². The number of benzene rings is 2. The van der Waals surface area contributed by atoms with Crippen LogP contribution in [0.2, 0.25) is 0 Å². The lowest BCUT2D eigenvalue weighted by Gasteiger charge is -2.31. The highest BCUT2D eigenvalue weighted by Crippen LogP contribution is 2.27. The number of aromatic nitrogens is 2. The molecule has 1 aliphatic rings. The first-order chi connectivity index (χ1) is 20.3. The minimum absolute atomic E-state index is 0.0879. The number of amides is 2. The molecular formula is C32H42N4O6. The number of fused-ring (bicyclic) bond motifs is 1. The van der Waals surface area contributed by atoms with E-state index >= 15 is 0 Å². The van der Waals surface area contributed by atoms with Gasteiger partial charge in [-0.1, -0.05) is 37.5 Å². The van der Waals surface area contributed by atoms with Crippen molar-refractivity contribution in [3.05, 3.63) is 68.9 Å². The van der Waals surface area contributed by atoms with Crippen molar-refractivity contribution in [2.24, 2.45) is 0 Å². The molecule has 1 aliphatic carbocycles. The van der Waals surface area contributed by atoms with E-state index in [1.165, 1.54) is 15.6 Å². The molecule has 2 aromatic carbocycles. The summed E-state index contributed by atoms with van der Waals surface area (Å²) in [7, 11) is 4.98. The Hall–Kier alpha value is -4.08. The van der Waals surface area contributed by atoms with E-state index in [1.807, 2.05) is 18.2 Å². The predicted molar refractivity (Wildman–Crippen MR) is 162 cm³/mol. The lowest BCUT2D eigenvalue weighted by molar-refractivity contribution is -0.133. The third-order valence-corrected chi connectivity index (χ3v) is 8.16. The topological polar surface area (TPSA) is 112 Å². The van der Waals surface area contributed by atoms with E-state index in [2.05, 4.69) is 5.32 Å². The SMILES string of the molecule is COc1ccc(CCNC(=O)CCCCn2c(=O)c3ccccc3n(CC(=O)N(C)C3CCCCC3)c2=O)cc1OC. The molecule has 3 aromatic rings. The van der Waals surface area contributed by atoms with Crippen molar-refractivity contribution >= 4 is 22.7 Å². The van der Waals surface area contributed by atoms with Gasteiger partial charge in [0.2, 0.25) is 11.8 Å². The number of nitrogens with zero attached hydrogens (tertiary/aromatic N) is 3. The third-order valence-electron chi connectivity index (χ3n) is 8.16. The summed E-state index contributed by atoms with van der Waals surface area (Å²) in [5.41, 5.74) is 0.606. The van der Waals surface area contributed by atoms with E-state index in [1.54, 1.807) is 50.4 Å². The molecule has 10 heteroatoms. The molecule has 0 unspecified atom stereocenters. The number of nitrogens with one attached hydrogen (secondary N) is 1. The zero-order valence-corrected chi connectivity index (χ0v) is 24.9. The lowest BCUT2D eigenvalue weighted by Crippen LogP contribution is -2.45. The van der Waals surface area contributed by atoms with Gasteiger partial charge in [0.1, 0.15) is 6.54 Å². The van der Waals surface area contributed by atoms with Crippen molar-refractivity contribution in [3.63, 3.8) is 0 Å². The first-order valence-corrected chi connectivity index (χ1v) is 14.8. The first kappa shape index (κ1) is 30.9. The molecule has 0 radical (unpaired) electrons. The predicted octanol–water partition coefficient (Wildman–Crippen LogP) is 3.50. The summed E-state index contributed by atoms with van der Waals surface area (Å²) in [6.45, 7) is 0.537. The van der Waals surface area contributed by atoms with Gasteiger partial charge in [0.25, 0.3) is 5.56 Å². The second-order valence-corrected chi connectivity index (χ2v) is 10.9. The average molecular weight is 579 g/mol. The van der Waals surface area contributed by atoms with Crippen LogP contribution in [0.15, 0.2) is 52.1 Å². The Morgan fingerprint density at radius 1 is 0.952 bits per heavy atom. The minimum atomic E-state index is -0.497. The second-order valence-electron chi connectivity index (χ2n) is 10.9. The number of methoxy groups -OCH3 is 2. The van der Waals surface area contributed by atoms with Gasteiger partial charge < -0.3 is 19.7 Å². The summed E-state index contributed by atoms with van der Waals surface area (Å²) >= 11 is 0.